The van der Waals surface area contributed by atoms with Crippen molar-refractivity contribution in [2.24, 2.45) is 0 Å². The van der Waals surface area contributed by atoms with Gasteiger partial charge in [-0.05, 0) is 19.9 Å². The van der Waals surface area contributed by atoms with Gasteiger partial charge in [-0.1, -0.05) is 0 Å². The van der Waals surface area contributed by atoms with E-state index in [0.717, 1.165) is 5.56 Å². The summed E-state index contributed by atoms with van der Waals surface area (Å²) in [5.41, 5.74) is 1.53. The molecular weight excluding hydrogens is 246 g/mol. The number of aromatic nitrogens is 2. The van der Waals surface area contributed by atoms with Crippen molar-refractivity contribution in [2.75, 3.05) is 7.11 Å². The molecule has 0 aliphatic heterocycles. The van der Waals surface area contributed by atoms with Gasteiger partial charge in [-0.25, -0.2) is 4.79 Å². The number of furan rings is 1. The number of methoxy groups -OCH3 is 1. The van der Waals surface area contributed by atoms with Gasteiger partial charge in [0.1, 0.15) is 17.1 Å². The molecule has 0 radical (unpaired) electrons. The highest BCUT2D eigenvalue weighted by atomic mass is 16.5. The molecule has 19 heavy (non-hydrogen) atoms. The van der Waals surface area contributed by atoms with Crippen LogP contribution in [0.4, 0.5) is 0 Å². The molecule has 0 saturated carbocycles. The van der Waals surface area contributed by atoms with E-state index in [0.29, 0.717) is 23.6 Å². The normalized spacial score (nSPS) is 12.4. The topological polar surface area (TPSA) is 80.1 Å². The Labute approximate surface area is 111 Å². The van der Waals surface area contributed by atoms with E-state index >= 15 is 0 Å². The van der Waals surface area contributed by atoms with Gasteiger partial charge in [-0.15, -0.1) is 0 Å². The monoisotopic (exact) mass is 263 g/mol. The number of aryl methyl sites for hydroxylation is 1. The highest BCUT2D eigenvalue weighted by Gasteiger charge is 2.15. The van der Waals surface area contributed by atoms with Gasteiger partial charge in [-0.2, -0.15) is 5.10 Å². The maximum absolute atomic E-state index is 11.5. The van der Waals surface area contributed by atoms with E-state index in [1.165, 1.54) is 7.11 Å². The predicted molar refractivity (Wildman–Crippen MR) is 68.6 cm³/mol. The van der Waals surface area contributed by atoms with Crippen molar-refractivity contribution in [3.8, 4) is 0 Å². The Hall–Kier alpha value is -2.08. The maximum atomic E-state index is 11.5. The summed E-state index contributed by atoms with van der Waals surface area (Å²) in [6.07, 6.45) is 3.61. The third-order valence-electron chi connectivity index (χ3n) is 2.98. The summed E-state index contributed by atoms with van der Waals surface area (Å²) in [6, 6.07) is 1.85. The number of aromatic amines is 1. The lowest BCUT2D eigenvalue weighted by Gasteiger charge is -2.09. The number of carbonyl (C=O) groups excluding carboxylic acids is 1. The number of nitrogens with one attached hydrogen (secondary N) is 2. The molecule has 2 aromatic rings. The van der Waals surface area contributed by atoms with E-state index in [2.05, 4.69) is 20.3 Å². The lowest BCUT2D eigenvalue weighted by Crippen LogP contribution is -2.17. The van der Waals surface area contributed by atoms with Crippen LogP contribution in [0.5, 0.6) is 0 Å². The van der Waals surface area contributed by atoms with E-state index in [-0.39, 0.29) is 12.0 Å². The largest absolute Gasteiger partial charge is 0.465 e. The summed E-state index contributed by atoms with van der Waals surface area (Å²) in [7, 11) is 1.35. The van der Waals surface area contributed by atoms with Crippen LogP contribution in [0.15, 0.2) is 22.9 Å². The van der Waals surface area contributed by atoms with Gasteiger partial charge in [0.15, 0.2) is 0 Å². The summed E-state index contributed by atoms with van der Waals surface area (Å²) in [4.78, 5) is 11.5. The Kier molecular flexibility index (Phi) is 4.01. The molecule has 0 amide bonds. The zero-order chi connectivity index (χ0) is 13.8. The Bertz CT molecular complexity index is 545. The van der Waals surface area contributed by atoms with Crippen LogP contribution >= 0.6 is 0 Å². The van der Waals surface area contributed by atoms with Gasteiger partial charge in [0, 0.05) is 17.8 Å². The molecule has 0 spiro atoms. The van der Waals surface area contributed by atoms with E-state index in [1.807, 2.05) is 13.1 Å². The molecule has 0 saturated heterocycles. The Morgan fingerprint density at radius 3 is 3.05 bits per heavy atom. The number of rotatable bonds is 5. The quantitative estimate of drug-likeness (QED) is 0.806. The second-order valence-electron chi connectivity index (χ2n) is 4.31. The zero-order valence-electron chi connectivity index (χ0n) is 11.2. The van der Waals surface area contributed by atoms with Crippen LogP contribution in [0.25, 0.3) is 0 Å². The maximum Gasteiger partial charge on any atom is 0.341 e. The van der Waals surface area contributed by atoms with Gasteiger partial charge in [0.2, 0.25) is 0 Å². The second-order valence-corrected chi connectivity index (χ2v) is 4.31. The molecule has 2 rings (SSSR count). The lowest BCUT2D eigenvalue weighted by atomic mass is 10.2. The highest BCUT2D eigenvalue weighted by Crippen LogP contribution is 2.17. The summed E-state index contributed by atoms with van der Waals surface area (Å²) < 4.78 is 10.2. The van der Waals surface area contributed by atoms with Crippen LogP contribution in [-0.2, 0) is 11.3 Å². The molecular formula is C13H17N3O3. The number of ether oxygens (including phenoxy) is 1. The zero-order valence-corrected chi connectivity index (χ0v) is 11.2. The fraction of sp³-hybridized carbons (Fsp3) is 0.385. The van der Waals surface area contributed by atoms with Crippen molar-refractivity contribution in [1.82, 2.24) is 15.5 Å². The van der Waals surface area contributed by atoms with Crippen LogP contribution in [0.3, 0.4) is 0 Å². The first-order chi connectivity index (χ1) is 9.11. The van der Waals surface area contributed by atoms with E-state index in [4.69, 9.17) is 4.42 Å². The molecule has 102 valence electrons. The molecule has 6 heteroatoms. The predicted octanol–water partition coefficient (Wildman–Crippen LogP) is 1.95. The minimum absolute atomic E-state index is 0.144. The Morgan fingerprint density at radius 1 is 1.63 bits per heavy atom. The average Bonchev–Trinajstić information content (AvgIpc) is 3.04. The van der Waals surface area contributed by atoms with Gasteiger partial charge < -0.3 is 14.5 Å². The van der Waals surface area contributed by atoms with Gasteiger partial charge >= 0.3 is 5.97 Å². The molecule has 0 bridgehead atoms. The molecule has 2 aromatic heterocycles. The van der Waals surface area contributed by atoms with E-state index in [1.54, 1.807) is 19.2 Å². The number of nitrogens with zero attached hydrogens (tertiary/aromatic N) is 1. The van der Waals surface area contributed by atoms with Gasteiger partial charge in [0.25, 0.3) is 0 Å². The first-order valence-electron chi connectivity index (χ1n) is 6.01. The van der Waals surface area contributed by atoms with Crippen molar-refractivity contribution < 1.29 is 13.9 Å². The summed E-state index contributed by atoms with van der Waals surface area (Å²) in [5.74, 6) is 0.892. The summed E-state index contributed by atoms with van der Waals surface area (Å²) >= 11 is 0. The summed E-state index contributed by atoms with van der Waals surface area (Å²) in [6.45, 7) is 4.31. The Balaban J connectivity index is 1.98. The summed E-state index contributed by atoms with van der Waals surface area (Å²) in [5, 5.41) is 9.96. The SMILES string of the molecule is COC(=O)c1cc(CNC(C)c2cn[nH]c2)oc1C. The van der Waals surface area contributed by atoms with Crippen molar-refractivity contribution in [2.45, 2.75) is 26.4 Å². The number of H-pyrrole nitrogens is 1. The minimum atomic E-state index is -0.379. The van der Waals surface area contributed by atoms with Gasteiger partial charge in [-0.3, -0.25) is 5.10 Å². The highest BCUT2D eigenvalue weighted by molar-refractivity contribution is 5.90. The lowest BCUT2D eigenvalue weighted by molar-refractivity contribution is 0.0599. The molecule has 0 fully saturated rings. The third-order valence-corrected chi connectivity index (χ3v) is 2.98. The van der Waals surface area contributed by atoms with E-state index in [9.17, 15) is 4.79 Å². The smallest absolute Gasteiger partial charge is 0.341 e. The van der Waals surface area contributed by atoms with Crippen molar-refractivity contribution in [3.05, 3.63) is 41.1 Å². The number of carbonyl (C=O) groups is 1. The molecule has 0 aliphatic carbocycles. The fourth-order valence-corrected chi connectivity index (χ4v) is 1.81. The minimum Gasteiger partial charge on any atom is -0.465 e. The molecule has 1 unspecified atom stereocenters. The molecule has 0 aliphatic rings. The fourth-order valence-electron chi connectivity index (χ4n) is 1.81. The molecule has 2 N–H and O–H groups in total. The standard InChI is InChI=1S/C13H17N3O3/c1-8(10-5-15-16-6-10)14-7-11-4-12(9(2)19-11)13(17)18-3/h4-6,8,14H,7H2,1-3H3,(H,15,16). The van der Waals surface area contributed by atoms with Crippen LogP contribution in [-0.4, -0.2) is 23.3 Å². The third kappa shape index (κ3) is 3.03. The molecule has 1 atom stereocenters. The number of hydrogen-bond donors (Lipinski definition) is 2. The Morgan fingerprint density at radius 2 is 2.42 bits per heavy atom. The average molecular weight is 263 g/mol. The molecule has 6 nitrogen and oxygen atoms in total. The van der Waals surface area contributed by atoms with Crippen LogP contribution < -0.4 is 5.32 Å². The second kappa shape index (κ2) is 5.71. The van der Waals surface area contributed by atoms with Crippen molar-refractivity contribution in [1.29, 1.82) is 0 Å². The first-order valence-corrected chi connectivity index (χ1v) is 6.01. The van der Waals surface area contributed by atoms with Crippen LogP contribution in [0.2, 0.25) is 0 Å². The van der Waals surface area contributed by atoms with Crippen molar-refractivity contribution >= 4 is 5.97 Å². The van der Waals surface area contributed by atoms with Crippen molar-refractivity contribution in [3.63, 3.8) is 0 Å². The van der Waals surface area contributed by atoms with Crippen LogP contribution in [0.1, 0.15) is 40.4 Å². The van der Waals surface area contributed by atoms with Gasteiger partial charge in [0.05, 0.1) is 19.9 Å². The van der Waals surface area contributed by atoms with Crippen LogP contribution in [0, 0.1) is 6.92 Å². The molecule has 2 heterocycles. The number of esters is 1. The van der Waals surface area contributed by atoms with E-state index < -0.39 is 0 Å². The molecule has 0 aromatic carbocycles. The number of hydrogen-bond acceptors (Lipinski definition) is 5. The first kappa shape index (κ1) is 13.4.